The predicted molar refractivity (Wildman–Crippen MR) is 117 cm³/mol. The molecule has 5 rings (SSSR count). The van der Waals surface area contributed by atoms with Gasteiger partial charge in [0, 0.05) is 10.9 Å². The van der Waals surface area contributed by atoms with Crippen molar-refractivity contribution in [2.75, 3.05) is 5.43 Å². The van der Waals surface area contributed by atoms with Crippen LogP contribution in [-0.2, 0) is 0 Å². The van der Waals surface area contributed by atoms with Gasteiger partial charge in [-0.25, -0.2) is 0 Å². The van der Waals surface area contributed by atoms with Crippen LogP contribution in [0.2, 0.25) is 0 Å². The number of nitrogens with zero attached hydrogens (tertiary/aromatic N) is 1. The molecule has 0 aliphatic carbocycles. The number of hydrazone groups is 1. The monoisotopic (exact) mass is 346 g/mol. The highest BCUT2D eigenvalue weighted by molar-refractivity contribution is 6.13. The van der Waals surface area contributed by atoms with Crippen molar-refractivity contribution in [3.63, 3.8) is 0 Å². The molecule has 0 atom stereocenters. The molecule has 1 N–H and O–H groups in total. The maximum Gasteiger partial charge on any atom is 0.0640 e. The molecule has 0 spiro atoms. The molecule has 2 nitrogen and oxygen atoms in total. The van der Waals surface area contributed by atoms with Crippen LogP contribution in [0.3, 0.4) is 0 Å². The Morgan fingerprint density at radius 3 is 1.81 bits per heavy atom. The minimum atomic E-state index is 1.01. The zero-order valence-corrected chi connectivity index (χ0v) is 14.8. The second-order valence-corrected chi connectivity index (χ2v) is 6.63. The Morgan fingerprint density at radius 2 is 1.11 bits per heavy atom. The van der Waals surface area contributed by atoms with E-state index < -0.39 is 0 Å². The molecule has 5 aromatic rings. The zero-order valence-electron chi connectivity index (χ0n) is 14.8. The van der Waals surface area contributed by atoms with Crippen molar-refractivity contribution < 1.29 is 0 Å². The Labute approximate surface area is 157 Å². The molecule has 0 aromatic heterocycles. The Bertz CT molecular complexity index is 1240. The average Bonchev–Trinajstić information content (AvgIpc) is 2.73. The molecule has 0 aliphatic heterocycles. The van der Waals surface area contributed by atoms with Crippen LogP contribution in [0.25, 0.3) is 32.3 Å². The van der Waals surface area contributed by atoms with Gasteiger partial charge in [0.2, 0.25) is 0 Å². The molecule has 128 valence electrons. The first kappa shape index (κ1) is 15.6. The van der Waals surface area contributed by atoms with Gasteiger partial charge in [-0.2, -0.15) is 5.10 Å². The summed E-state index contributed by atoms with van der Waals surface area (Å²) in [6, 6.07) is 33.7. The third kappa shape index (κ3) is 2.81. The van der Waals surface area contributed by atoms with E-state index in [-0.39, 0.29) is 0 Å². The summed E-state index contributed by atoms with van der Waals surface area (Å²) >= 11 is 0. The molecule has 0 heterocycles. The van der Waals surface area contributed by atoms with E-state index in [1.807, 2.05) is 12.3 Å². The molecule has 0 aliphatic rings. The normalized spacial score (nSPS) is 11.6. The highest BCUT2D eigenvalue weighted by Crippen LogP contribution is 2.27. The fourth-order valence-corrected chi connectivity index (χ4v) is 3.68. The first-order chi connectivity index (χ1) is 13.4. The summed E-state index contributed by atoms with van der Waals surface area (Å²) < 4.78 is 0. The summed E-state index contributed by atoms with van der Waals surface area (Å²) in [6.07, 6.45) is 1.94. The van der Waals surface area contributed by atoms with Crippen molar-refractivity contribution in [3.8, 4) is 0 Å². The van der Waals surface area contributed by atoms with Gasteiger partial charge < -0.3 is 0 Å². The average molecular weight is 346 g/mol. The molecule has 0 fully saturated rings. The summed E-state index contributed by atoms with van der Waals surface area (Å²) in [5.74, 6) is 0. The van der Waals surface area contributed by atoms with Gasteiger partial charge in [0.05, 0.1) is 11.9 Å². The van der Waals surface area contributed by atoms with E-state index in [9.17, 15) is 0 Å². The minimum absolute atomic E-state index is 1.01. The number of nitrogens with one attached hydrogen (secondary N) is 1. The quantitative estimate of drug-likeness (QED) is 0.222. The molecule has 2 heteroatoms. The molecule has 0 bridgehead atoms. The number of fused-ring (bicyclic) bond motifs is 3. The lowest BCUT2D eigenvalue weighted by atomic mass is 9.97. The molecule has 0 unspecified atom stereocenters. The van der Waals surface area contributed by atoms with E-state index >= 15 is 0 Å². The number of benzene rings is 5. The molecule has 5 aromatic carbocycles. The molecule has 0 saturated heterocycles. The largest absolute Gasteiger partial charge is 0.278 e. The van der Waals surface area contributed by atoms with Gasteiger partial charge in [-0.15, -0.1) is 0 Å². The molecule has 0 saturated carbocycles. The van der Waals surface area contributed by atoms with E-state index in [1.165, 1.54) is 32.3 Å². The standard InChI is InChI=1S/C25H18N2/c1-6-14-23-18(8-1)11-7-15-25(23)27-26-17-24-21-12-4-2-9-19(21)16-20-10-3-5-13-22(20)24/h1-17,27H. The van der Waals surface area contributed by atoms with Gasteiger partial charge in [-0.1, -0.05) is 84.9 Å². The predicted octanol–water partition coefficient (Wildman–Crippen LogP) is 6.59. The third-order valence-electron chi connectivity index (χ3n) is 4.98. The van der Waals surface area contributed by atoms with Gasteiger partial charge in [-0.3, -0.25) is 5.43 Å². The highest BCUT2D eigenvalue weighted by Gasteiger charge is 2.05. The number of anilines is 1. The Morgan fingerprint density at radius 1 is 0.556 bits per heavy atom. The lowest BCUT2D eigenvalue weighted by molar-refractivity contribution is 1.37. The van der Waals surface area contributed by atoms with Gasteiger partial charge >= 0.3 is 0 Å². The zero-order chi connectivity index (χ0) is 18.1. The van der Waals surface area contributed by atoms with E-state index in [0.717, 1.165) is 11.3 Å². The van der Waals surface area contributed by atoms with Crippen molar-refractivity contribution in [1.29, 1.82) is 0 Å². The lowest BCUT2D eigenvalue weighted by Gasteiger charge is -2.09. The Kier molecular flexibility index (Phi) is 3.80. The number of hydrogen-bond donors (Lipinski definition) is 1. The van der Waals surface area contributed by atoms with Gasteiger partial charge in [0.25, 0.3) is 0 Å². The first-order valence-corrected chi connectivity index (χ1v) is 9.07. The molecular formula is C25H18N2. The van der Waals surface area contributed by atoms with Crippen molar-refractivity contribution in [1.82, 2.24) is 0 Å². The van der Waals surface area contributed by atoms with Crippen LogP contribution in [0.4, 0.5) is 5.69 Å². The van der Waals surface area contributed by atoms with Crippen molar-refractivity contribution >= 4 is 44.2 Å². The Hall–Kier alpha value is -3.65. The summed E-state index contributed by atoms with van der Waals surface area (Å²) in [6.45, 7) is 0. The van der Waals surface area contributed by atoms with E-state index in [1.54, 1.807) is 0 Å². The Balaban J connectivity index is 1.61. The highest BCUT2D eigenvalue weighted by atomic mass is 15.3. The maximum absolute atomic E-state index is 4.59. The smallest absolute Gasteiger partial charge is 0.0640 e. The van der Waals surface area contributed by atoms with Gasteiger partial charge in [0.1, 0.15) is 0 Å². The van der Waals surface area contributed by atoms with Crippen LogP contribution in [0, 0.1) is 0 Å². The van der Waals surface area contributed by atoms with Crippen molar-refractivity contribution in [3.05, 3.63) is 103 Å². The van der Waals surface area contributed by atoms with E-state index in [4.69, 9.17) is 0 Å². The van der Waals surface area contributed by atoms with Crippen LogP contribution in [0.15, 0.2) is 102 Å². The number of rotatable bonds is 3. The fourth-order valence-electron chi connectivity index (χ4n) is 3.68. The molecule has 0 radical (unpaired) electrons. The topological polar surface area (TPSA) is 24.4 Å². The summed E-state index contributed by atoms with van der Waals surface area (Å²) in [5.41, 5.74) is 5.38. The van der Waals surface area contributed by atoms with Crippen LogP contribution in [0.5, 0.6) is 0 Å². The summed E-state index contributed by atoms with van der Waals surface area (Å²) in [7, 11) is 0. The van der Waals surface area contributed by atoms with Crippen molar-refractivity contribution in [2.45, 2.75) is 0 Å². The van der Waals surface area contributed by atoms with Crippen LogP contribution >= 0.6 is 0 Å². The van der Waals surface area contributed by atoms with Gasteiger partial charge in [-0.05, 0) is 39.1 Å². The van der Waals surface area contributed by atoms with E-state index in [0.29, 0.717) is 0 Å². The third-order valence-corrected chi connectivity index (χ3v) is 4.98. The first-order valence-electron chi connectivity index (χ1n) is 9.07. The van der Waals surface area contributed by atoms with Gasteiger partial charge in [0.15, 0.2) is 0 Å². The number of hydrogen-bond acceptors (Lipinski definition) is 2. The van der Waals surface area contributed by atoms with Crippen molar-refractivity contribution in [2.24, 2.45) is 5.10 Å². The molecule has 0 amide bonds. The summed E-state index contributed by atoms with van der Waals surface area (Å²) in [4.78, 5) is 0. The van der Waals surface area contributed by atoms with Crippen LogP contribution < -0.4 is 5.43 Å². The fraction of sp³-hybridized carbons (Fsp3) is 0. The minimum Gasteiger partial charge on any atom is -0.278 e. The van der Waals surface area contributed by atoms with Crippen LogP contribution in [-0.4, -0.2) is 6.21 Å². The summed E-state index contributed by atoms with van der Waals surface area (Å²) in [5, 5.41) is 11.8. The van der Waals surface area contributed by atoms with Crippen LogP contribution in [0.1, 0.15) is 5.56 Å². The molecule has 27 heavy (non-hydrogen) atoms. The second kappa shape index (κ2) is 6.58. The second-order valence-electron chi connectivity index (χ2n) is 6.63. The lowest BCUT2D eigenvalue weighted by Crippen LogP contribution is -1.94. The SMILES string of the molecule is C(=NNc1cccc2ccccc12)c1c2ccccc2cc2ccccc12. The van der Waals surface area contributed by atoms with E-state index in [2.05, 4.69) is 102 Å². The molecular weight excluding hydrogens is 328 g/mol. The maximum atomic E-state index is 4.59.